The maximum Gasteiger partial charge on any atom is 0.269 e. The first-order chi connectivity index (χ1) is 11.6. The molecule has 0 aliphatic carbocycles. The molecule has 0 radical (unpaired) electrons. The van der Waals surface area contributed by atoms with Crippen molar-refractivity contribution in [2.75, 3.05) is 0 Å². The molecule has 0 unspecified atom stereocenters. The third kappa shape index (κ3) is 2.35. The van der Waals surface area contributed by atoms with Crippen molar-refractivity contribution in [1.82, 2.24) is 8.96 Å². The number of hydrogen-bond acceptors (Lipinski definition) is 4. The van der Waals surface area contributed by atoms with Gasteiger partial charge in [-0.15, -0.1) is 0 Å². The Bertz CT molecular complexity index is 1110. The van der Waals surface area contributed by atoms with Gasteiger partial charge in [-0.2, -0.15) is 11.3 Å². The van der Waals surface area contributed by atoms with E-state index in [1.165, 1.54) is 3.97 Å². The monoisotopic (exact) mass is 354 g/mol. The van der Waals surface area contributed by atoms with Gasteiger partial charge in [0.2, 0.25) is 0 Å². The topological polar surface area (TPSA) is 52.0 Å². The smallest absolute Gasteiger partial charge is 0.237 e. The SMILES string of the molecule is Cc1ccc(S(=O)(=O)n2cc(-c3ccsc3)c3cccnc32)cc1. The highest BCUT2D eigenvalue weighted by Crippen LogP contribution is 2.33. The van der Waals surface area contributed by atoms with Crippen molar-refractivity contribution >= 4 is 32.4 Å². The molecule has 0 fully saturated rings. The quantitative estimate of drug-likeness (QED) is 0.551. The summed E-state index contributed by atoms with van der Waals surface area (Å²) in [5.41, 5.74) is 3.33. The predicted octanol–water partition coefficient (Wildman–Crippen LogP) is 4.31. The van der Waals surface area contributed by atoms with Crippen LogP contribution in [-0.4, -0.2) is 17.4 Å². The average Bonchev–Trinajstić information content (AvgIpc) is 3.23. The molecule has 24 heavy (non-hydrogen) atoms. The van der Waals surface area contributed by atoms with E-state index in [1.54, 1.807) is 48.0 Å². The summed E-state index contributed by atoms with van der Waals surface area (Å²) in [6, 6.07) is 12.6. The maximum absolute atomic E-state index is 13.1. The number of benzene rings is 1. The molecule has 4 aromatic rings. The summed E-state index contributed by atoms with van der Waals surface area (Å²) in [5.74, 6) is 0. The van der Waals surface area contributed by atoms with E-state index in [4.69, 9.17) is 0 Å². The van der Waals surface area contributed by atoms with Gasteiger partial charge in [0, 0.05) is 23.3 Å². The molecule has 0 bridgehead atoms. The fourth-order valence-electron chi connectivity index (χ4n) is 2.69. The molecule has 120 valence electrons. The number of pyridine rings is 1. The second-order valence-corrected chi connectivity index (χ2v) is 8.14. The van der Waals surface area contributed by atoms with Crippen molar-refractivity contribution in [2.24, 2.45) is 0 Å². The molecule has 0 aliphatic heterocycles. The second-order valence-electron chi connectivity index (χ2n) is 5.54. The Morgan fingerprint density at radius 1 is 1.08 bits per heavy atom. The van der Waals surface area contributed by atoms with Gasteiger partial charge in [-0.3, -0.25) is 0 Å². The van der Waals surface area contributed by atoms with E-state index in [2.05, 4.69) is 4.98 Å². The lowest BCUT2D eigenvalue weighted by atomic mass is 10.1. The van der Waals surface area contributed by atoms with Gasteiger partial charge in [-0.05, 0) is 53.6 Å². The fraction of sp³-hybridized carbons (Fsp3) is 0.0556. The summed E-state index contributed by atoms with van der Waals surface area (Å²) in [4.78, 5) is 4.57. The van der Waals surface area contributed by atoms with E-state index in [-0.39, 0.29) is 4.90 Å². The van der Waals surface area contributed by atoms with Crippen LogP contribution in [0.4, 0.5) is 0 Å². The summed E-state index contributed by atoms with van der Waals surface area (Å²) in [6.45, 7) is 1.93. The molecule has 0 amide bonds. The first-order valence-corrected chi connectivity index (χ1v) is 9.76. The van der Waals surface area contributed by atoms with E-state index in [0.29, 0.717) is 5.65 Å². The largest absolute Gasteiger partial charge is 0.269 e. The Hall–Kier alpha value is -2.44. The van der Waals surface area contributed by atoms with E-state index in [0.717, 1.165) is 22.1 Å². The summed E-state index contributed by atoms with van der Waals surface area (Å²) >= 11 is 1.58. The number of thiophene rings is 1. The highest BCUT2D eigenvalue weighted by atomic mass is 32.2. The zero-order valence-electron chi connectivity index (χ0n) is 12.9. The molecule has 3 aromatic heterocycles. The Morgan fingerprint density at radius 3 is 2.58 bits per heavy atom. The zero-order chi connectivity index (χ0) is 16.7. The molecule has 3 heterocycles. The van der Waals surface area contributed by atoms with E-state index >= 15 is 0 Å². The van der Waals surface area contributed by atoms with Crippen LogP contribution in [0.25, 0.3) is 22.2 Å². The van der Waals surface area contributed by atoms with E-state index in [9.17, 15) is 8.42 Å². The lowest BCUT2D eigenvalue weighted by molar-refractivity contribution is 0.589. The van der Waals surface area contributed by atoms with Crippen molar-refractivity contribution < 1.29 is 8.42 Å². The molecule has 0 aliphatic rings. The highest BCUT2D eigenvalue weighted by molar-refractivity contribution is 7.90. The second kappa shape index (κ2) is 5.58. The van der Waals surface area contributed by atoms with Crippen LogP contribution in [-0.2, 0) is 10.0 Å². The number of rotatable bonds is 3. The standard InChI is InChI=1S/C18H14N2O2S2/c1-13-4-6-15(7-5-13)24(21,22)20-11-17(14-8-10-23-12-14)16-3-2-9-19-18(16)20/h2-12H,1H3. The van der Waals surface area contributed by atoms with Crippen LogP contribution >= 0.6 is 11.3 Å². The van der Waals surface area contributed by atoms with Crippen LogP contribution in [0.2, 0.25) is 0 Å². The minimum Gasteiger partial charge on any atom is -0.237 e. The number of fused-ring (bicyclic) bond motifs is 1. The van der Waals surface area contributed by atoms with Crippen molar-refractivity contribution in [3.05, 3.63) is 71.2 Å². The molecule has 0 saturated heterocycles. The lowest BCUT2D eigenvalue weighted by Gasteiger charge is -2.07. The van der Waals surface area contributed by atoms with Gasteiger partial charge in [0.1, 0.15) is 0 Å². The highest BCUT2D eigenvalue weighted by Gasteiger charge is 2.22. The van der Waals surface area contributed by atoms with Crippen LogP contribution in [0.5, 0.6) is 0 Å². The first kappa shape index (κ1) is 15.1. The molecule has 0 atom stereocenters. The van der Waals surface area contributed by atoms with Crippen molar-refractivity contribution in [2.45, 2.75) is 11.8 Å². The average molecular weight is 354 g/mol. The number of aromatic nitrogens is 2. The summed E-state index contributed by atoms with van der Waals surface area (Å²) < 4.78 is 27.4. The number of aryl methyl sites for hydroxylation is 1. The number of nitrogens with zero attached hydrogens (tertiary/aromatic N) is 2. The van der Waals surface area contributed by atoms with E-state index in [1.807, 2.05) is 35.9 Å². The molecule has 0 N–H and O–H groups in total. The third-order valence-corrected chi connectivity index (χ3v) is 6.29. The van der Waals surface area contributed by atoms with Gasteiger partial charge in [0.05, 0.1) is 4.90 Å². The van der Waals surface area contributed by atoms with Crippen LogP contribution in [0.1, 0.15) is 5.56 Å². The van der Waals surface area contributed by atoms with Crippen molar-refractivity contribution in [1.29, 1.82) is 0 Å². The third-order valence-electron chi connectivity index (χ3n) is 3.94. The summed E-state index contributed by atoms with van der Waals surface area (Å²) in [6.07, 6.45) is 3.27. The van der Waals surface area contributed by atoms with Crippen molar-refractivity contribution in [3.8, 4) is 11.1 Å². The molecule has 1 aromatic carbocycles. The summed E-state index contributed by atoms with van der Waals surface area (Å²) in [7, 11) is -3.70. The van der Waals surface area contributed by atoms with Crippen molar-refractivity contribution in [3.63, 3.8) is 0 Å². The minimum atomic E-state index is -3.70. The van der Waals surface area contributed by atoms with Crippen LogP contribution in [0.15, 0.2) is 70.5 Å². The Kier molecular flexibility index (Phi) is 3.51. The van der Waals surface area contributed by atoms with Gasteiger partial charge in [-0.25, -0.2) is 17.4 Å². The van der Waals surface area contributed by atoms with Gasteiger partial charge in [0.15, 0.2) is 5.65 Å². The van der Waals surface area contributed by atoms with Gasteiger partial charge in [0.25, 0.3) is 10.0 Å². The van der Waals surface area contributed by atoms with Crippen LogP contribution in [0, 0.1) is 6.92 Å². The van der Waals surface area contributed by atoms with Gasteiger partial charge >= 0.3 is 0 Å². The van der Waals surface area contributed by atoms with Crippen LogP contribution in [0.3, 0.4) is 0 Å². The Labute approximate surface area is 144 Å². The predicted molar refractivity (Wildman–Crippen MR) is 96.8 cm³/mol. The molecule has 0 spiro atoms. The molecular weight excluding hydrogens is 340 g/mol. The normalized spacial score (nSPS) is 11.9. The van der Waals surface area contributed by atoms with E-state index < -0.39 is 10.0 Å². The minimum absolute atomic E-state index is 0.257. The van der Waals surface area contributed by atoms with Crippen LogP contribution < -0.4 is 0 Å². The first-order valence-electron chi connectivity index (χ1n) is 7.38. The van der Waals surface area contributed by atoms with Gasteiger partial charge < -0.3 is 0 Å². The fourth-order valence-corrected chi connectivity index (χ4v) is 4.67. The molecule has 4 nitrogen and oxygen atoms in total. The molecule has 4 rings (SSSR count). The molecule has 6 heteroatoms. The maximum atomic E-state index is 13.1. The number of hydrogen-bond donors (Lipinski definition) is 0. The Balaban J connectivity index is 1.99. The lowest BCUT2D eigenvalue weighted by Crippen LogP contribution is -2.12. The molecule has 0 saturated carbocycles. The summed E-state index contributed by atoms with van der Waals surface area (Å²) in [5, 5.41) is 4.81. The Morgan fingerprint density at radius 2 is 1.88 bits per heavy atom. The zero-order valence-corrected chi connectivity index (χ0v) is 14.5. The molecular formula is C18H14N2O2S2. The van der Waals surface area contributed by atoms with Gasteiger partial charge in [-0.1, -0.05) is 17.7 Å².